The molecular weight excluding hydrogens is 338 g/mol. The molecule has 0 spiro atoms. The molecule has 0 aliphatic heterocycles. The Labute approximate surface area is 151 Å². The minimum absolute atomic E-state index is 0.126. The maximum Gasteiger partial charge on any atom is 0.361 e. The fourth-order valence-corrected chi connectivity index (χ4v) is 2.52. The number of esters is 1. The van der Waals surface area contributed by atoms with E-state index in [2.05, 4.69) is 29.7 Å². The molecule has 0 saturated carbocycles. The molecule has 2 rings (SSSR count). The third-order valence-corrected chi connectivity index (χ3v) is 4.12. The minimum atomic E-state index is -0.673. The normalized spacial score (nSPS) is 11.5. The predicted octanol–water partition coefficient (Wildman–Crippen LogP) is 2.61. The van der Waals surface area contributed by atoms with E-state index in [-0.39, 0.29) is 18.2 Å². The number of rotatable bonds is 7. The molecule has 2 aromatic rings. The maximum atomic E-state index is 11.7. The van der Waals surface area contributed by atoms with E-state index in [1.807, 2.05) is 18.4 Å². The van der Waals surface area contributed by atoms with E-state index >= 15 is 0 Å². The number of hydrogen-bond acceptors (Lipinski definition) is 7. The average Bonchev–Trinajstić information content (AvgIpc) is 2.63. The van der Waals surface area contributed by atoms with Gasteiger partial charge in [-0.2, -0.15) is 0 Å². The van der Waals surface area contributed by atoms with Gasteiger partial charge in [0.1, 0.15) is 5.75 Å². The van der Waals surface area contributed by atoms with E-state index in [1.165, 1.54) is 4.90 Å². The highest BCUT2D eigenvalue weighted by Gasteiger charge is 2.15. The summed E-state index contributed by atoms with van der Waals surface area (Å²) in [6.07, 6.45) is 2.04. The zero-order chi connectivity index (χ0) is 18.2. The number of hydrogen-bond donors (Lipinski definition) is 3. The molecule has 25 heavy (non-hydrogen) atoms. The monoisotopic (exact) mass is 359 g/mol. The van der Waals surface area contributed by atoms with E-state index in [4.69, 9.17) is 21.1 Å². The van der Waals surface area contributed by atoms with E-state index in [9.17, 15) is 4.79 Å². The molecule has 0 amide bonds. The van der Waals surface area contributed by atoms with Crippen LogP contribution in [0.25, 0.3) is 11.1 Å². The van der Waals surface area contributed by atoms with Gasteiger partial charge in [0.2, 0.25) is 5.88 Å². The molecule has 7 heteroatoms. The molecule has 0 bridgehead atoms. The maximum absolute atomic E-state index is 11.7. The number of thioether (sulfide) groups is 1. The Hall–Kier alpha value is -2.64. The second-order valence-corrected chi connectivity index (χ2v) is 5.84. The standard InChI is InChI=1S/C18H21N3O3S/c1-3-23-18(22)16(21-20)17(19)24-14-8-4-12(5-9-14)13-6-10-15(25-2)11-7-13/h4-11,21H,3,19-20H2,1-2H3/b17-16+. The van der Waals surface area contributed by atoms with E-state index < -0.39 is 5.97 Å². The van der Waals surface area contributed by atoms with Gasteiger partial charge in [-0.3, -0.25) is 5.84 Å². The zero-order valence-corrected chi connectivity index (χ0v) is 14.9. The lowest BCUT2D eigenvalue weighted by atomic mass is 10.1. The molecule has 6 nitrogen and oxygen atoms in total. The van der Waals surface area contributed by atoms with Crippen LogP contribution < -0.4 is 21.7 Å². The number of nitrogens with two attached hydrogens (primary N) is 2. The van der Waals surface area contributed by atoms with Gasteiger partial charge in [0.05, 0.1) is 6.61 Å². The Balaban J connectivity index is 2.14. The number of carbonyl (C=O) groups is 1. The molecule has 132 valence electrons. The van der Waals surface area contributed by atoms with Gasteiger partial charge < -0.3 is 20.6 Å². The number of hydrazine groups is 1. The molecule has 0 aromatic heterocycles. The van der Waals surface area contributed by atoms with Crippen LogP contribution in [-0.2, 0) is 9.53 Å². The summed E-state index contributed by atoms with van der Waals surface area (Å²) in [7, 11) is 0. The molecule has 0 unspecified atom stereocenters. The number of benzene rings is 2. The first-order chi connectivity index (χ1) is 12.1. The summed E-state index contributed by atoms with van der Waals surface area (Å²) in [6.45, 7) is 1.90. The van der Waals surface area contributed by atoms with Crippen LogP contribution in [0, 0.1) is 0 Å². The van der Waals surface area contributed by atoms with Gasteiger partial charge in [-0.15, -0.1) is 11.8 Å². The second kappa shape index (κ2) is 9.00. The van der Waals surface area contributed by atoms with Crippen LogP contribution in [0.5, 0.6) is 5.75 Å². The van der Waals surface area contributed by atoms with E-state index in [1.54, 1.807) is 30.8 Å². The van der Waals surface area contributed by atoms with Crippen molar-refractivity contribution >= 4 is 17.7 Å². The molecule has 0 atom stereocenters. The van der Waals surface area contributed by atoms with Crippen LogP contribution in [0.15, 0.2) is 65.0 Å². The smallest absolute Gasteiger partial charge is 0.361 e. The highest BCUT2D eigenvalue weighted by molar-refractivity contribution is 7.98. The van der Waals surface area contributed by atoms with Gasteiger partial charge in [-0.05, 0) is 48.6 Å². The number of ether oxygens (including phenoxy) is 2. The van der Waals surface area contributed by atoms with Crippen molar-refractivity contribution in [1.82, 2.24) is 5.43 Å². The molecule has 0 fully saturated rings. The average molecular weight is 359 g/mol. The zero-order valence-electron chi connectivity index (χ0n) is 14.1. The van der Waals surface area contributed by atoms with Crippen molar-refractivity contribution in [2.45, 2.75) is 11.8 Å². The van der Waals surface area contributed by atoms with Gasteiger partial charge in [0.15, 0.2) is 5.70 Å². The highest BCUT2D eigenvalue weighted by atomic mass is 32.2. The van der Waals surface area contributed by atoms with Crippen molar-refractivity contribution in [3.05, 3.63) is 60.1 Å². The lowest BCUT2D eigenvalue weighted by Crippen LogP contribution is -2.32. The first kappa shape index (κ1) is 18.7. The number of nitrogens with one attached hydrogen (secondary N) is 1. The van der Waals surface area contributed by atoms with Crippen LogP contribution in [-0.4, -0.2) is 18.8 Å². The van der Waals surface area contributed by atoms with Crippen molar-refractivity contribution in [1.29, 1.82) is 0 Å². The van der Waals surface area contributed by atoms with Crippen molar-refractivity contribution < 1.29 is 14.3 Å². The fourth-order valence-electron chi connectivity index (χ4n) is 2.11. The third kappa shape index (κ3) is 4.91. The van der Waals surface area contributed by atoms with Gasteiger partial charge in [-0.1, -0.05) is 24.3 Å². The lowest BCUT2D eigenvalue weighted by molar-refractivity contribution is -0.139. The Morgan fingerprint density at radius 3 is 2.12 bits per heavy atom. The summed E-state index contributed by atoms with van der Waals surface area (Å²) in [4.78, 5) is 12.9. The Morgan fingerprint density at radius 1 is 1.08 bits per heavy atom. The van der Waals surface area contributed by atoms with Crippen LogP contribution in [0.4, 0.5) is 0 Å². The van der Waals surface area contributed by atoms with Gasteiger partial charge in [0, 0.05) is 4.90 Å². The summed E-state index contributed by atoms with van der Waals surface area (Å²) in [5.41, 5.74) is 10.0. The van der Waals surface area contributed by atoms with Gasteiger partial charge in [0.25, 0.3) is 0 Å². The van der Waals surface area contributed by atoms with Crippen LogP contribution in [0.2, 0.25) is 0 Å². The quantitative estimate of drug-likeness (QED) is 0.174. The van der Waals surface area contributed by atoms with Gasteiger partial charge >= 0.3 is 5.97 Å². The summed E-state index contributed by atoms with van der Waals surface area (Å²) in [5.74, 6) is 4.97. The van der Waals surface area contributed by atoms with E-state index in [0.29, 0.717) is 5.75 Å². The Bertz CT molecular complexity index is 743. The Kier molecular flexibility index (Phi) is 6.73. The Morgan fingerprint density at radius 2 is 1.64 bits per heavy atom. The summed E-state index contributed by atoms with van der Waals surface area (Å²) < 4.78 is 10.3. The first-order valence-corrected chi connectivity index (χ1v) is 8.87. The van der Waals surface area contributed by atoms with Crippen molar-refractivity contribution in [3.63, 3.8) is 0 Å². The molecule has 0 aliphatic carbocycles. The largest absolute Gasteiger partial charge is 0.461 e. The summed E-state index contributed by atoms with van der Waals surface area (Å²) in [6, 6.07) is 15.6. The van der Waals surface area contributed by atoms with Crippen LogP contribution in [0.3, 0.4) is 0 Å². The predicted molar refractivity (Wildman–Crippen MR) is 99.5 cm³/mol. The number of carbonyl (C=O) groups excluding carboxylic acids is 1. The topological polar surface area (TPSA) is 99.6 Å². The molecule has 0 aliphatic rings. The molecule has 0 saturated heterocycles. The molecule has 5 N–H and O–H groups in total. The molecule has 0 heterocycles. The minimum Gasteiger partial charge on any atom is -0.461 e. The first-order valence-electron chi connectivity index (χ1n) is 7.64. The highest BCUT2D eigenvalue weighted by Crippen LogP contribution is 2.25. The molecule has 0 radical (unpaired) electrons. The van der Waals surface area contributed by atoms with Crippen molar-refractivity contribution in [3.8, 4) is 16.9 Å². The van der Waals surface area contributed by atoms with Crippen molar-refractivity contribution in [2.24, 2.45) is 11.6 Å². The third-order valence-electron chi connectivity index (χ3n) is 3.38. The van der Waals surface area contributed by atoms with Crippen LogP contribution in [0.1, 0.15) is 6.92 Å². The summed E-state index contributed by atoms with van der Waals surface area (Å²) >= 11 is 1.70. The van der Waals surface area contributed by atoms with Gasteiger partial charge in [-0.25, -0.2) is 4.79 Å². The van der Waals surface area contributed by atoms with Crippen molar-refractivity contribution in [2.75, 3.05) is 12.9 Å². The molecular formula is C18H21N3O3S. The summed E-state index contributed by atoms with van der Waals surface area (Å²) in [5, 5.41) is 0. The second-order valence-electron chi connectivity index (χ2n) is 4.96. The van der Waals surface area contributed by atoms with Crippen LogP contribution >= 0.6 is 11.8 Å². The lowest BCUT2D eigenvalue weighted by Gasteiger charge is -2.11. The molecule has 2 aromatic carbocycles. The fraction of sp³-hybridized carbons (Fsp3) is 0.167. The SMILES string of the molecule is CCOC(=O)/C(NN)=C(/N)Oc1ccc(-c2ccc(SC)cc2)cc1. The van der Waals surface area contributed by atoms with E-state index in [0.717, 1.165) is 11.1 Å².